The molecule has 0 aliphatic rings. The quantitative estimate of drug-likeness (QED) is 0.286. The van der Waals surface area contributed by atoms with Crippen LogP contribution in [0, 0.1) is 18.5 Å². The van der Waals surface area contributed by atoms with Crippen LogP contribution in [0.2, 0.25) is 10.0 Å². The lowest BCUT2D eigenvalue weighted by atomic mass is 10.1. The molecule has 2 N–H and O–H groups in total. The fourth-order valence-electron chi connectivity index (χ4n) is 1.76. The van der Waals surface area contributed by atoms with Gasteiger partial charge in [0.15, 0.2) is 0 Å². The van der Waals surface area contributed by atoms with E-state index < -0.39 is 5.91 Å². The first-order valence-corrected chi connectivity index (χ1v) is 9.29. The Bertz CT molecular complexity index is 869. The molecule has 0 atom stereocenters. The second-order valence-electron chi connectivity index (χ2n) is 4.59. The summed E-state index contributed by atoms with van der Waals surface area (Å²) in [6.07, 6.45) is 1.45. The summed E-state index contributed by atoms with van der Waals surface area (Å²) in [4.78, 5) is 12.2. The summed E-state index contributed by atoms with van der Waals surface area (Å²) in [6, 6.07) is 9.89. The van der Waals surface area contributed by atoms with E-state index in [1.54, 1.807) is 24.3 Å². The number of rotatable bonds is 3. The number of phenols is 1. The molecule has 0 radical (unpaired) electrons. The first-order chi connectivity index (χ1) is 11.3. The maximum Gasteiger partial charge on any atom is 0.266 e. The Kier molecular flexibility index (Phi) is 6.74. The third-order valence-electron chi connectivity index (χ3n) is 2.89. The topological polar surface area (TPSA) is 73.1 Å². The number of nitriles is 1. The number of amides is 1. The summed E-state index contributed by atoms with van der Waals surface area (Å²) in [5, 5.41) is 22.3. The zero-order chi connectivity index (χ0) is 17.9. The number of carbonyl (C=O) groups excluding carboxylic acids is 1. The molecule has 0 heterocycles. The molecule has 0 bridgehead atoms. The molecule has 0 aliphatic carbocycles. The van der Waals surface area contributed by atoms with Crippen LogP contribution in [0.3, 0.4) is 0 Å². The van der Waals surface area contributed by atoms with Crippen LogP contribution in [0.4, 0.5) is 5.69 Å². The van der Waals surface area contributed by atoms with E-state index in [9.17, 15) is 15.2 Å². The maximum absolute atomic E-state index is 12.2. The van der Waals surface area contributed by atoms with Crippen molar-refractivity contribution in [2.75, 3.05) is 5.32 Å². The zero-order valence-electron chi connectivity index (χ0n) is 11.8. The normalized spacial score (nSPS) is 11.0. The van der Waals surface area contributed by atoms with Crippen molar-refractivity contribution in [3.8, 4) is 11.8 Å². The summed E-state index contributed by atoms with van der Waals surface area (Å²) >= 11 is 15.7. The number of hydrogen-bond donors (Lipinski definition) is 2. The zero-order valence-corrected chi connectivity index (χ0v) is 17.6. The number of halogens is 4. The minimum Gasteiger partial charge on any atom is -0.506 e. The van der Waals surface area contributed by atoms with Gasteiger partial charge in [-0.2, -0.15) is 5.26 Å². The number of aromatic hydroxyl groups is 1. The van der Waals surface area contributed by atoms with Gasteiger partial charge in [0.05, 0.1) is 17.2 Å². The van der Waals surface area contributed by atoms with Gasteiger partial charge in [-0.15, -0.1) is 0 Å². The summed E-state index contributed by atoms with van der Waals surface area (Å²) in [6.45, 7) is 0. The SMILES string of the molecule is N#C/C(=C\c1cc(I)c(O)c(I)c1)C(=O)Nc1ccc(Cl)c(Cl)c1. The molecule has 0 saturated carbocycles. The van der Waals surface area contributed by atoms with Crippen molar-refractivity contribution in [3.63, 3.8) is 0 Å². The van der Waals surface area contributed by atoms with Gasteiger partial charge >= 0.3 is 0 Å². The molecule has 122 valence electrons. The van der Waals surface area contributed by atoms with E-state index >= 15 is 0 Å². The Labute approximate surface area is 175 Å². The number of phenolic OH excluding ortho intramolecular Hbond substituents is 1. The highest BCUT2D eigenvalue weighted by Gasteiger charge is 2.12. The van der Waals surface area contributed by atoms with Crippen molar-refractivity contribution in [1.82, 2.24) is 0 Å². The number of nitrogens with one attached hydrogen (secondary N) is 1. The van der Waals surface area contributed by atoms with E-state index in [0.29, 0.717) is 28.4 Å². The number of benzene rings is 2. The molecule has 0 spiro atoms. The Morgan fingerprint density at radius 2 is 1.79 bits per heavy atom. The van der Waals surface area contributed by atoms with E-state index in [2.05, 4.69) is 5.32 Å². The highest BCUT2D eigenvalue weighted by Crippen LogP contribution is 2.28. The van der Waals surface area contributed by atoms with Gasteiger partial charge in [0.1, 0.15) is 17.4 Å². The van der Waals surface area contributed by atoms with Crippen molar-refractivity contribution < 1.29 is 9.90 Å². The van der Waals surface area contributed by atoms with Crippen molar-refractivity contribution in [1.29, 1.82) is 5.26 Å². The van der Waals surface area contributed by atoms with Crippen molar-refractivity contribution in [2.24, 2.45) is 0 Å². The molecular formula is C16H8Cl2I2N2O2. The van der Waals surface area contributed by atoms with Gasteiger partial charge in [-0.3, -0.25) is 4.79 Å². The fraction of sp³-hybridized carbons (Fsp3) is 0. The average Bonchev–Trinajstić information content (AvgIpc) is 2.53. The molecule has 2 aromatic rings. The molecule has 4 nitrogen and oxygen atoms in total. The summed E-state index contributed by atoms with van der Waals surface area (Å²) < 4.78 is 1.26. The molecule has 0 aromatic heterocycles. The van der Waals surface area contributed by atoms with E-state index in [4.69, 9.17) is 23.2 Å². The van der Waals surface area contributed by atoms with Gasteiger partial charge in [0, 0.05) is 5.69 Å². The maximum atomic E-state index is 12.2. The van der Waals surface area contributed by atoms with Crippen LogP contribution < -0.4 is 5.32 Å². The van der Waals surface area contributed by atoms with Crippen LogP contribution in [0.1, 0.15) is 5.56 Å². The van der Waals surface area contributed by atoms with Gasteiger partial charge in [-0.05, 0) is 87.2 Å². The first-order valence-electron chi connectivity index (χ1n) is 6.38. The predicted octanol–water partition coefficient (Wildman–Crippen LogP) is 5.45. The Morgan fingerprint density at radius 3 is 2.33 bits per heavy atom. The number of anilines is 1. The monoisotopic (exact) mass is 584 g/mol. The van der Waals surface area contributed by atoms with Crippen LogP contribution >= 0.6 is 68.4 Å². The van der Waals surface area contributed by atoms with Crippen LogP contribution in [0.15, 0.2) is 35.9 Å². The van der Waals surface area contributed by atoms with Gasteiger partial charge < -0.3 is 10.4 Å². The fourth-order valence-corrected chi connectivity index (χ4v) is 3.87. The molecule has 2 aromatic carbocycles. The molecule has 2 rings (SSSR count). The Balaban J connectivity index is 2.29. The number of carbonyl (C=O) groups is 1. The largest absolute Gasteiger partial charge is 0.506 e. The van der Waals surface area contributed by atoms with Crippen LogP contribution in [-0.4, -0.2) is 11.0 Å². The van der Waals surface area contributed by atoms with Crippen LogP contribution in [0.25, 0.3) is 6.08 Å². The van der Waals surface area contributed by atoms with E-state index in [-0.39, 0.29) is 11.3 Å². The van der Waals surface area contributed by atoms with Crippen molar-refractivity contribution in [3.05, 3.63) is 58.7 Å². The van der Waals surface area contributed by atoms with Crippen LogP contribution in [0.5, 0.6) is 5.75 Å². The second-order valence-corrected chi connectivity index (χ2v) is 7.72. The molecule has 24 heavy (non-hydrogen) atoms. The van der Waals surface area contributed by atoms with Gasteiger partial charge in [0.2, 0.25) is 0 Å². The smallest absolute Gasteiger partial charge is 0.266 e. The molecule has 0 unspecified atom stereocenters. The minimum atomic E-state index is -0.561. The molecule has 0 aliphatic heterocycles. The lowest BCUT2D eigenvalue weighted by Crippen LogP contribution is -2.13. The van der Waals surface area contributed by atoms with E-state index in [1.165, 1.54) is 12.1 Å². The summed E-state index contributed by atoms with van der Waals surface area (Å²) in [5.74, 6) is -0.388. The third-order valence-corrected chi connectivity index (χ3v) is 5.28. The van der Waals surface area contributed by atoms with E-state index in [1.807, 2.05) is 51.3 Å². The standard InChI is InChI=1S/C16H8Cl2I2N2O2/c17-11-2-1-10(6-12(11)18)22-16(24)9(7-21)3-8-4-13(19)15(23)14(20)5-8/h1-6,23H,(H,22,24)/b9-3+. The number of hydrogen-bond acceptors (Lipinski definition) is 3. The van der Waals surface area contributed by atoms with Gasteiger partial charge in [0.25, 0.3) is 5.91 Å². The lowest BCUT2D eigenvalue weighted by Gasteiger charge is -2.06. The van der Waals surface area contributed by atoms with Gasteiger partial charge in [-0.25, -0.2) is 0 Å². The van der Waals surface area contributed by atoms with Gasteiger partial charge in [-0.1, -0.05) is 23.2 Å². The summed E-state index contributed by atoms with van der Waals surface area (Å²) in [5.41, 5.74) is 1.01. The van der Waals surface area contributed by atoms with Crippen molar-refractivity contribution in [2.45, 2.75) is 0 Å². The van der Waals surface area contributed by atoms with Crippen molar-refractivity contribution >= 4 is 86.1 Å². The number of nitrogens with zero attached hydrogens (tertiary/aromatic N) is 1. The molecule has 0 saturated heterocycles. The minimum absolute atomic E-state index is 0.0710. The Morgan fingerprint density at radius 1 is 1.17 bits per heavy atom. The van der Waals surface area contributed by atoms with Crippen LogP contribution in [-0.2, 0) is 4.79 Å². The lowest BCUT2D eigenvalue weighted by molar-refractivity contribution is -0.112. The molecule has 8 heteroatoms. The van der Waals surface area contributed by atoms with E-state index in [0.717, 1.165) is 0 Å². The first kappa shape index (κ1) is 19.3. The predicted molar refractivity (Wildman–Crippen MR) is 112 cm³/mol. The highest BCUT2D eigenvalue weighted by molar-refractivity contribution is 14.1. The third kappa shape index (κ3) is 4.75. The second kappa shape index (κ2) is 8.38. The summed E-state index contributed by atoms with van der Waals surface area (Å²) in [7, 11) is 0. The Hall–Kier alpha value is -1.02. The average molecular weight is 585 g/mol. The highest BCUT2D eigenvalue weighted by atomic mass is 127. The molecular weight excluding hydrogens is 577 g/mol. The molecule has 1 amide bonds. The molecule has 0 fully saturated rings.